The fourth-order valence-corrected chi connectivity index (χ4v) is 5.29. The highest BCUT2D eigenvalue weighted by molar-refractivity contribution is 7.24. The van der Waals surface area contributed by atoms with Gasteiger partial charge in [0.2, 0.25) is 5.43 Å². The Labute approximate surface area is 180 Å². The van der Waals surface area contributed by atoms with Gasteiger partial charge in [-0.25, -0.2) is 4.98 Å². The molecule has 0 aliphatic carbocycles. The van der Waals surface area contributed by atoms with Crippen molar-refractivity contribution in [1.82, 2.24) is 14.3 Å². The lowest BCUT2D eigenvalue weighted by molar-refractivity contribution is 0.100. The van der Waals surface area contributed by atoms with Crippen LogP contribution in [-0.4, -0.2) is 53.4 Å². The Hall–Kier alpha value is -3.46. The first kappa shape index (κ1) is 19.5. The number of carbonyl (C=O) groups excluding carboxylic acids is 1. The van der Waals surface area contributed by atoms with Crippen molar-refractivity contribution in [1.29, 1.82) is 0 Å². The number of amides is 1. The highest BCUT2D eigenvalue weighted by atomic mass is 32.1. The van der Waals surface area contributed by atoms with Gasteiger partial charge in [-0.1, -0.05) is 12.1 Å². The lowest BCUT2D eigenvalue weighted by Gasteiger charge is -2.22. The van der Waals surface area contributed by atoms with Gasteiger partial charge in [-0.3, -0.25) is 14.0 Å². The Morgan fingerprint density at radius 3 is 2.84 bits per heavy atom. The zero-order chi connectivity index (χ0) is 21.5. The maximum atomic E-state index is 13.3. The maximum Gasteiger partial charge on any atom is 0.256 e. The number of pyridine rings is 2. The molecule has 10 heteroatoms. The van der Waals surface area contributed by atoms with Crippen molar-refractivity contribution in [3.63, 3.8) is 0 Å². The minimum atomic E-state index is -0.877. The number of fused-ring (bicyclic) bond motifs is 5. The van der Waals surface area contributed by atoms with Crippen LogP contribution in [0.3, 0.4) is 0 Å². The maximum absolute atomic E-state index is 13.3. The monoisotopic (exact) mass is 433 g/mol. The molecule has 4 heterocycles. The van der Waals surface area contributed by atoms with Gasteiger partial charge in [0.15, 0.2) is 5.65 Å². The van der Waals surface area contributed by atoms with E-state index in [2.05, 4.69) is 26.9 Å². The molecule has 1 fully saturated rings. The molecule has 0 radical (unpaired) electrons. The number of thiazole rings is 1. The molecule has 0 spiro atoms. The molecule has 0 saturated carbocycles. The van der Waals surface area contributed by atoms with Crippen LogP contribution in [0.15, 0.2) is 46.3 Å². The largest absolute Gasteiger partial charge is 0.355 e. The molecule has 1 aromatic carbocycles. The van der Waals surface area contributed by atoms with Gasteiger partial charge in [0.05, 0.1) is 15.6 Å². The zero-order valence-electron chi connectivity index (χ0n) is 16.9. The van der Waals surface area contributed by atoms with Crippen molar-refractivity contribution in [2.24, 2.45) is 5.11 Å². The number of anilines is 1. The van der Waals surface area contributed by atoms with Crippen molar-refractivity contribution in [3.8, 4) is 0 Å². The molecule has 0 bridgehead atoms. The molecule has 5 rings (SSSR count). The first-order valence-corrected chi connectivity index (χ1v) is 10.8. The molecule has 0 atom stereocenters. The molecule has 4 aromatic rings. The summed E-state index contributed by atoms with van der Waals surface area (Å²) in [5.41, 5.74) is 9.52. The summed E-state index contributed by atoms with van der Waals surface area (Å²) in [6, 6.07) is 11.2. The van der Waals surface area contributed by atoms with E-state index in [0.29, 0.717) is 15.9 Å². The number of para-hydroxylation sites is 1. The average molecular weight is 433 g/mol. The summed E-state index contributed by atoms with van der Waals surface area (Å²) in [4.78, 5) is 38.2. The van der Waals surface area contributed by atoms with E-state index >= 15 is 0 Å². The Kier molecular flexibility index (Phi) is 4.82. The normalized spacial score (nSPS) is 15.3. The molecule has 156 valence electrons. The highest BCUT2D eigenvalue weighted by Crippen LogP contribution is 2.31. The zero-order valence-corrected chi connectivity index (χ0v) is 17.7. The van der Waals surface area contributed by atoms with Gasteiger partial charge < -0.3 is 9.80 Å². The van der Waals surface area contributed by atoms with Crippen molar-refractivity contribution >= 4 is 49.1 Å². The molecule has 1 aliphatic heterocycles. The van der Waals surface area contributed by atoms with E-state index in [1.165, 1.54) is 11.3 Å². The van der Waals surface area contributed by atoms with Gasteiger partial charge in [-0.2, -0.15) is 0 Å². The smallest absolute Gasteiger partial charge is 0.256 e. The second-order valence-corrected chi connectivity index (χ2v) is 8.62. The molecule has 31 heavy (non-hydrogen) atoms. The second-order valence-electron chi connectivity index (χ2n) is 7.59. The van der Waals surface area contributed by atoms with Gasteiger partial charge in [-0.05, 0) is 54.9 Å². The predicted octanol–water partition coefficient (Wildman–Crippen LogP) is 3.65. The third-order valence-corrected chi connectivity index (χ3v) is 6.81. The van der Waals surface area contributed by atoms with Crippen LogP contribution in [0.1, 0.15) is 16.8 Å². The van der Waals surface area contributed by atoms with E-state index < -0.39 is 11.3 Å². The number of likely N-dealkylation sites (N-methyl/N-ethyl adjacent to an activating group) is 1. The average Bonchev–Trinajstić information content (AvgIpc) is 3.01. The number of azide groups is 1. The summed E-state index contributed by atoms with van der Waals surface area (Å²) < 4.78 is 2.75. The summed E-state index contributed by atoms with van der Waals surface area (Å²) in [6.07, 6.45) is 1.03. The Morgan fingerprint density at radius 2 is 2.00 bits per heavy atom. The lowest BCUT2D eigenvalue weighted by atomic mass is 10.1. The molecule has 9 nitrogen and oxygen atoms in total. The minimum Gasteiger partial charge on any atom is -0.355 e. The standard InChI is InChI=1S/C21H19N7O2S/c1-26-9-4-10-27(12-11-26)16-8-7-13-18(29)17(20(30)24-25-22)21-28(19(13)23-16)14-5-2-3-6-15(14)31-21/h2-3,5-8H,4,9-12H2,1H3. The van der Waals surface area contributed by atoms with Crippen molar-refractivity contribution in [2.45, 2.75) is 6.42 Å². The van der Waals surface area contributed by atoms with Gasteiger partial charge in [0, 0.05) is 24.5 Å². The fourth-order valence-electron chi connectivity index (χ4n) is 4.11. The second kappa shape index (κ2) is 7.66. The van der Waals surface area contributed by atoms with Crippen LogP contribution in [-0.2, 0) is 0 Å². The quantitative estimate of drug-likeness (QED) is 0.272. The van der Waals surface area contributed by atoms with Crippen LogP contribution < -0.4 is 10.3 Å². The molecule has 0 N–H and O–H groups in total. The molecular weight excluding hydrogens is 414 g/mol. The Bertz CT molecular complexity index is 1450. The first-order chi connectivity index (χ1) is 15.1. The predicted molar refractivity (Wildman–Crippen MR) is 122 cm³/mol. The number of nitrogens with zero attached hydrogens (tertiary/aromatic N) is 7. The summed E-state index contributed by atoms with van der Waals surface area (Å²) in [5.74, 6) is -0.0708. The van der Waals surface area contributed by atoms with E-state index in [4.69, 9.17) is 10.5 Å². The highest BCUT2D eigenvalue weighted by Gasteiger charge is 2.23. The number of hydrogen-bond donors (Lipinski definition) is 0. The van der Waals surface area contributed by atoms with E-state index in [0.717, 1.165) is 48.6 Å². The molecule has 3 aromatic heterocycles. The molecule has 0 unspecified atom stereocenters. The van der Waals surface area contributed by atoms with E-state index in [9.17, 15) is 9.59 Å². The van der Waals surface area contributed by atoms with Crippen molar-refractivity contribution < 1.29 is 4.79 Å². The lowest BCUT2D eigenvalue weighted by Crippen LogP contribution is -2.29. The van der Waals surface area contributed by atoms with Crippen LogP contribution in [0.5, 0.6) is 0 Å². The summed E-state index contributed by atoms with van der Waals surface area (Å²) in [6.45, 7) is 3.72. The first-order valence-electron chi connectivity index (χ1n) is 9.98. The topological polar surface area (TPSA) is 107 Å². The number of hydrogen-bond acceptors (Lipinski definition) is 6. The Morgan fingerprint density at radius 1 is 1.16 bits per heavy atom. The third kappa shape index (κ3) is 3.21. The van der Waals surface area contributed by atoms with Crippen LogP contribution in [0, 0.1) is 0 Å². The van der Waals surface area contributed by atoms with Gasteiger partial charge in [0.25, 0.3) is 5.91 Å². The van der Waals surface area contributed by atoms with E-state index in [-0.39, 0.29) is 5.56 Å². The van der Waals surface area contributed by atoms with Crippen molar-refractivity contribution in [3.05, 3.63) is 62.6 Å². The van der Waals surface area contributed by atoms with Crippen LogP contribution in [0.25, 0.3) is 36.5 Å². The number of carbonyl (C=O) groups is 1. The van der Waals surface area contributed by atoms with Crippen LogP contribution in [0.4, 0.5) is 5.82 Å². The van der Waals surface area contributed by atoms with Crippen LogP contribution >= 0.6 is 11.3 Å². The van der Waals surface area contributed by atoms with Gasteiger partial charge in [-0.15, -0.1) is 11.3 Å². The summed E-state index contributed by atoms with van der Waals surface area (Å²) in [7, 11) is 2.11. The van der Waals surface area contributed by atoms with E-state index in [1.54, 1.807) is 6.07 Å². The number of aromatic nitrogens is 2. The summed E-state index contributed by atoms with van der Waals surface area (Å²) in [5, 5.41) is 3.52. The molecule has 1 aliphatic rings. The molecule has 1 saturated heterocycles. The number of rotatable bonds is 2. The third-order valence-electron chi connectivity index (χ3n) is 5.67. The summed E-state index contributed by atoms with van der Waals surface area (Å²) >= 11 is 1.32. The number of benzene rings is 1. The van der Waals surface area contributed by atoms with Gasteiger partial charge >= 0.3 is 0 Å². The van der Waals surface area contributed by atoms with Gasteiger partial charge in [0.1, 0.15) is 16.2 Å². The van der Waals surface area contributed by atoms with Crippen molar-refractivity contribution in [2.75, 3.05) is 38.1 Å². The van der Waals surface area contributed by atoms with E-state index in [1.807, 2.05) is 34.7 Å². The fraction of sp³-hybridized carbons (Fsp3) is 0.286. The van der Waals surface area contributed by atoms with Crippen LogP contribution in [0.2, 0.25) is 0 Å². The molecule has 1 amide bonds. The Balaban J connectivity index is 1.83. The minimum absolute atomic E-state index is 0.113. The molecular formula is C21H19N7O2S. The SMILES string of the molecule is CN1CCCN(c2ccc3c(=O)c(C(=O)N=[N+]=[N-])c4sc5ccccc5n4c3n2)CC1.